The van der Waals surface area contributed by atoms with Crippen LogP contribution >= 0.6 is 27.5 Å². The van der Waals surface area contributed by atoms with Crippen molar-refractivity contribution in [3.05, 3.63) is 52.7 Å². The predicted molar refractivity (Wildman–Crippen MR) is 101 cm³/mol. The minimum absolute atomic E-state index is 0.0363. The molecule has 0 unspecified atom stereocenters. The van der Waals surface area contributed by atoms with Crippen LogP contribution < -0.4 is 0 Å². The van der Waals surface area contributed by atoms with Gasteiger partial charge in [0.15, 0.2) is 5.78 Å². The molecule has 0 bridgehead atoms. The maximum absolute atomic E-state index is 12.4. The van der Waals surface area contributed by atoms with Crippen LogP contribution in [0.15, 0.2) is 36.4 Å². The number of rotatable bonds is 2. The number of Topliss-reactive ketones (excluding diaryl/α,β-unsaturated/α-hetero) is 1. The zero-order chi connectivity index (χ0) is 16.8. The second kappa shape index (κ2) is 5.88. The standard InChI is InChI=1S/C19H17BrClNO/c1-19(2,3)17-9-13(16(23)10-20)14-8-15(21)11-6-4-5-7-12(11)18(14)22-17/h4-9H,10H2,1-3H3. The largest absolute Gasteiger partial charge is 0.293 e. The van der Waals surface area contributed by atoms with Crippen molar-refractivity contribution in [2.75, 3.05) is 5.33 Å². The second-order valence-electron chi connectivity index (χ2n) is 6.66. The molecule has 0 N–H and O–H groups in total. The molecule has 2 aromatic carbocycles. The number of aromatic nitrogens is 1. The molecule has 0 aliphatic heterocycles. The lowest BCUT2D eigenvalue weighted by Crippen LogP contribution is -2.15. The van der Waals surface area contributed by atoms with Crippen LogP contribution in [0.4, 0.5) is 0 Å². The van der Waals surface area contributed by atoms with E-state index in [1.54, 1.807) is 0 Å². The number of halogens is 2. The summed E-state index contributed by atoms with van der Waals surface area (Å²) in [7, 11) is 0. The summed E-state index contributed by atoms with van der Waals surface area (Å²) in [4.78, 5) is 17.3. The molecule has 0 radical (unpaired) electrons. The van der Waals surface area contributed by atoms with E-state index in [0.717, 1.165) is 27.4 Å². The van der Waals surface area contributed by atoms with Crippen molar-refractivity contribution in [2.45, 2.75) is 26.2 Å². The average molecular weight is 391 g/mol. The summed E-state index contributed by atoms with van der Waals surface area (Å²) in [6.07, 6.45) is 0. The van der Waals surface area contributed by atoms with Crippen molar-refractivity contribution in [3.8, 4) is 0 Å². The topological polar surface area (TPSA) is 30.0 Å². The number of benzene rings is 2. The molecule has 0 amide bonds. The summed E-state index contributed by atoms with van der Waals surface area (Å²) in [6, 6.07) is 11.7. The molecule has 4 heteroatoms. The highest BCUT2D eigenvalue weighted by molar-refractivity contribution is 9.09. The Balaban J connectivity index is 2.52. The fraction of sp³-hybridized carbons (Fsp3) is 0.263. The monoisotopic (exact) mass is 389 g/mol. The smallest absolute Gasteiger partial charge is 0.174 e. The number of carbonyl (C=O) groups excluding carboxylic acids is 1. The highest BCUT2D eigenvalue weighted by atomic mass is 79.9. The number of hydrogen-bond donors (Lipinski definition) is 0. The Hall–Kier alpha value is -1.45. The molecule has 3 aromatic rings. The first-order valence-electron chi connectivity index (χ1n) is 7.44. The summed E-state index contributed by atoms with van der Waals surface area (Å²) < 4.78 is 0. The lowest BCUT2D eigenvalue weighted by molar-refractivity contribution is 0.102. The van der Waals surface area contributed by atoms with Crippen LogP contribution in [-0.4, -0.2) is 16.1 Å². The minimum atomic E-state index is -0.143. The molecular weight excluding hydrogens is 374 g/mol. The van der Waals surface area contributed by atoms with E-state index in [9.17, 15) is 4.79 Å². The Morgan fingerprint density at radius 1 is 1.13 bits per heavy atom. The van der Waals surface area contributed by atoms with Gasteiger partial charge in [0.25, 0.3) is 0 Å². The Kier molecular flexibility index (Phi) is 4.19. The van der Waals surface area contributed by atoms with E-state index >= 15 is 0 Å². The Bertz CT molecular complexity index is 928. The molecule has 0 saturated carbocycles. The molecule has 0 atom stereocenters. The van der Waals surface area contributed by atoms with Crippen LogP contribution in [0.3, 0.4) is 0 Å². The molecule has 0 aliphatic carbocycles. The number of carbonyl (C=O) groups is 1. The van der Waals surface area contributed by atoms with Gasteiger partial charge in [-0.05, 0) is 12.1 Å². The third kappa shape index (κ3) is 2.88. The predicted octanol–water partition coefficient (Wildman–Crippen LogP) is 5.92. The van der Waals surface area contributed by atoms with Crippen molar-refractivity contribution in [2.24, 2.45) is 0 Å². The zero-order valence-electron chi connectivity index (χ0n) is 13.3. The molecule has 0 saturated heterocycles. The number of pyridine rings is 1. The van der Waals surface area contributed by atoms with Crippen LogP contribution in [0.5, 0.6) is 0 Å². The fourth-order valence-electron chi connectivity index (χ4n) is 2.70. The summed E-state index contributed by atoms with van der Waals surface area (Å²) in [6.45, 7) is 6.30. The lowest BCUT2D eigenvalue weighted by atomic mass is 9.88. The summed E-state index contributed by atoms with van der Waals surface area (Å²) in [5.41, 5.74) is 2.27. The van der Waals surface area contributed by atoms with Crippen molar-refractivity contribution < 1.29 is 4.79 Å². The second-order valence-corrected chi connectivity index (χ2v) is 7.63. The fourth-order valence-corrected chi connectivity index (χ4v) is 3.27. The molecule has 1 aromatic heterocycles. The Morgan fingerprint density at radius 3 is 2.39 bits per heavy atom. The molecule has 3 rings (SSSR count). The van der Waals surface area contributed by atoms with Gasteiger partial charge < -0.3 is 0 Å². The van der Waals surface area contributed by atoms with Crippen LogP contribution in [0, 0.1) is 0 Å². The molecule has 118 valence electrons. The minimum Gasteiger partial charge on any atom is -0.293 e. The van der Waals surface area contributed by atoms with Gasteiger partial charge in [-0.2, -0.15) is 0 Å². The summed E-state index contributed by atoms with van der Waals surface area (Å²) in [5.74, 6) is 0.0363. The van der Waals surface area contributed by atoms with Gasteiger partial charge in [-0.25, -0.2) is 0 Å². The highest BCUT2D eigenvalue weighted by Gasteiger charge is 2.21. The quantitative estimate of drug-likeness (QED) is 0.309. The van der Waals surface area contributed by atoms with E-state index < -0.39 is 0 Å². The number of fused-ring (bicyclic) bond motifs is 3. The normalized spacial score (nSPS) is 12.0. The van der Waals surface area contributed by atoms with E-state index in [-0.39, 0.29) is 16.5 Å². The third-order valence-corrected chi connectivity index (χ3v) is 4.78. The molecule has 2 nitrogen and oxygen atoms in total. The first-order valence-corrected chi connectivity index (χ1v) is 8.94. The number of alkyl halides is 1. The van der Waals surface area contributed by atoms with Crippen molar-refractivity contribution in [3.63, 3.8) is 0 Å². The number of nitrogens with zero attached hydrogens (tertiary/aromatic N) is 1. The van der Waals surface area contributed by atoms with Gasteiger partial charge in [-0.15, -0.1) is 0 Å². The van der Waals surface area contributed by atoms with Gasteiger partial charge in [0.1, 0.15) is 0 Å². The molecular formula is C19H17BrClNO. The molecule has 0 aliphatic rings. The molecule has 23 heavy (non-hydrogen) atoms. The van der Waals surface area contributed by atoms with Crippen LogP contribution in [0.25, 0.3) is 21.7 Å². The van der Waals surface area contributed by atoms with E-state index in [1.807, 2.05) is 36.4 Å². The molecule has 1 heterocycles. The van der Waals surface area contributed by atoms with Gasteiger partial charge in [0.2, 0.25) is 0 Å². The number of ketones is 1. The van der Waals surface area contributed by atoms with E-state index in [1.165, 1.54) is 0 Å². The van der Waals surface area contributed by atoms with Gasteiger partial charge in [0.05, 0.1) is 10.8 Å². The van der Waals surface area contributed by atoms with Gasteiger partial charge >= 0.3 is 0 Å². The Labute approximate surface area is 149 Å². The van der Waals surface area contributed by atoms with Crippen molar-refractivity contribution in [1.29, 1.82) is 0 Å². The van der Waals surface area contributed by atoms with E-state index in [0.29, 0.717) is 10.6 Å². The maximum Gasteiger partial charge on any atom is 0.174 e. The van der Waals surface area contributed by atoms with E-state index in [4.69, 9.17) is 16.6 Å². The van der Waals surface area contributed by atoms with Crippen LogP contribution in [-0.2, 0) is 5.41 Å². The summed E-state index contributed by atoms with van der Waals surface area (Å²) in [5, 5.41) is 3.66. The van der Waals surface area contributed by atoms with Gasteiger partial charge in [-0.1, -0.05) is 72.6 Å². The third-order valence-electron chi connectivity index (χ3n) is 3.96. The van der Waals surface area contributed by atoms with E-state index in [2.05, 4.69) is 36.7 Å². The van der Waals surface area contributed by atoms with Crippen molar-refractivity contribution >= 4 is 55.0 Å². The van der Waals surface area contributed by atoms with Gasteiger partial charge in [-0.3, -0.25) is 9.78 Å². The van der Waals surface area contributed by atoms with Gasteiger partial charge in [0, 0.05) is 37.9 Å². The summed E-state index contributed by atoms with van der Waals surface area (Å²) >= 11 is 9.71. The number of hydrogen-bond acceptors (Lipinski definition) is 2. The van der Waals surface area contributed by atoms with Crippen LogP contribution in [0.1, 0.15) is 36.8 Å². The highest BCUT2D eigenvalue weighted by Crippen LogP contribution is 2.35. The van der Waals surface area contributed by atoms with Crippen LogP contribution in [0.2, 0.25) is 5.02 Å². The zero-order valence-corrected chi connectivity index (χ0v) is 15.6. The first-order chi connectivity index (χ1) is 10.8. The molecule has 0 fully saturated rings. The Morgan fingerprint density at radius 2 is 1.78 bits per heavy atom. The lowest BCUT2D eigenvalue weighted by Gasteiger charge is -2.20. The first kappa shape index (κ1) is 16.4. The maximum atomic E-state index is 12.4. The SMILES string of the molecule is CC(C)(C)c1cc(C(=O)CBr)c2cc(Cl)c3ccccc3c2n1. The molecule has 0 spiro atoms. The van der Waals surface area contributed by atoms with Crippen molar-refractivity contribution in [1.82, 2.24) is 4.98 Å². The average Bonchev–Trinajstić information content (AvgIpc) is 2.53.